The second-order valence-corrected chi connectivity index (χ2v) is 5.48. The molecule has 20 heavy (non-hydrogen) atoms. The minimum absolute atomic E-state index is 0.432. The van der Waals surface area contributed by atoms with Crippen molar-refractivity contribution in [1.29, 1.82) is 0 Å². The lowest BCUT2D eigenvalue weighted by atomic mass is 9.93. The summed E-state index contributed by atoms with van der Waals surface area (Å²) in [4.78, 5) is 2.60. The maximum Gasteiger partial charge on any atom is 0.127 e. The Bertz CT molecular complexity index is 397. The fourth-order valence-corrected chi connectivity index (χ4v) is 3.16. The van der Waals surface area contributed by atoms with Gasteiger partial charge in [-0.2, -0.15) is 0 Å². The van der Waals surface area contributed by atoms with Crippen LogP contribution in [0.4, 0.5) is 0 Å². The summed E-state index contributed by atoms with van der Waals surface area (Å²) in [7, 11) is 3.50. The summed E-state index contributed by atoms with van der Waals surface area (Å²) in [5.41, 5.74) is 1.23. The third kappa shape index (κ3) is 3.26. The van der Waals surface area contributed by atoms with Crippen LogP contribution in [0.15, 0.2) is 18.2 Å². The van der Waals surface area contributed by atoms with Crippen molar-refractivity contribution in [2.75, 3.05) is 27.3 Å². The molecule has 2 rings (SSSR count). The van der Waals surface area contributed by atoms with Gasteiger partial charge >= 0.3 is 0 Å². The molecule has 0 bridgehead atoms. The molecule has 1 aliphatic heterocycles. The first-order valence-corrected chi connectivity index (χ1v) is 7.76. The summed E-state index contributed by atoms with van der Waals surface area (Å²) >= 11 is 0. The summed E-state index contributed by atoms with van der Waals surface area (Å²) in [5, 5.41) is 0. The molecule has 0 spiro atoms. The van der Waals surface area contributed by atoms with E-state index in [2.05, 4.69) is 11.8 Å². The van der Waals surface area contributed by atoms with Crippen LogP contribution in [0.2, 0.25) is 0 Å². The Morgan fingerprint density at radius 1 is 1.15 bits per heavy atom. The van der Waals surface area contributed by atoms with Crippen LogP contribution in [-0.4, -0.2) is 32.2 Å². The van der Waals surface area contributed by atoms with Crippen LogP contribution in [0.3, 0.4) is 0 Å². The Hall–Kier alpha value is -1.22. The molecule has 1 heterocycles. The first-order valence-electron chi connectivity index (χ1n) is 7.76. The summed E-state index contributed by atoms with van der Waals surface area (Å²) in [6, 6.07) is 6.52. The number of piperidine rings is 1. The van der Waals surface area contributed by atoms with Crippen molar-refractivity contribution in [2.24, 2.45) is 0 Å². The summed E-state index contributed by atoms with van der Waals surface area (Å²) in [6.07, 6.45) is 6.28. The zero-order chi connectivity index (χ0) is 14.4. The molecular weight excluding hydrogens is 250 g/mol. The molecule has 112 valence electrons. The quantitative estimate of drug-likeness (QED) is 0.783. The van der Waals surface area contributed by atoms with E-state index in [0.717, 1.165) is 11.5 Å². The number of benzene rings is 1. The SMILES string of the molecule is CCCCN1CCCCC1c1c(OC)cccc1OC. The molecule has 1 aromatic rings. The molecule has 0 aliphatic carbocycles. The van der Waals surface area contributed by atoms with Gasteiger partial charge in [-0.25, -0.2) is 0 Å². The molecule has 3 heteroatoms. The largest absolute Gasteiger partial charge is 0.496 e. The molecule has 1 unspecified atom stereocenters. The maximum absolute atomic E-state index is 5.59. The topological polar surface area (TPSA) is 21.7 Å². The van der Waals surface area contributed by atoms with Crippen molar-refractivity contribution in [2.45, 2.75) is 45.1 Å². The van der Waals surface area contributed by atoms with Crippen molar-refractivity contribution >= 4 is 0 Å². The average molecular weight is 277 g/mol. The van der Waals surface area contributed by atoms with Crippen LogP contribution in [0.25, 0.3) is 0 Å². The van der Waals surface area contributed by atoms with Crippen molar-refractivity contribution in [3.8, 4) is 11.5 Å². The van der Waals surface area contributed by atoms with Gasteiger partial charge in [-0.3, -0.25) is 4.90 Å². The average Bonchev–Trinajstić information content (AvgIpc) is 2.52. The minimum Gasteiger partial charge on any atom is -0.496 e. The van der Waals surface area contributed by atoms with Crippen molar-refractivity contribution in [3.05, 3.63) is 23.8 Å². The molecule has 0 N–H and O–H groups in total. The number of methoxy groups -OCH3 is 2. The fourth-order valence-electron chi connectivity index (χ4n) is 3.16. The summed E-state index contributed by atoms with van der Waals surface area (Å²) in [5.74, 6) is 1.91. The van der Waals surface area contributed by atoms with E-state index < -0.39 is 0 Å². The van der Waals surface area contributed by atoms with E-state index >= 15 is 0 Å². The Labute approximate surface area is 122 Å². The van der Waals surface area contributed by atoms with Crippen LogP contribution >= 0.6 is 0 Å². The van der Waals surface area contributed by atoms with Crippen LogP contribution < -0.4 is 9.47 Å². The van der Waals surface area contributed by atoms with Gasteiger partial charge in [0.1, 0.15) is 11.5 Å². The molecule has 1 fully saturated rings. The lowest BCUT2D eigenvalue weighted by Gasteiger charge is -2.37. The Morgan fingerprint density at radius 3 is 2.45 bits per heavy atom. The highest BCUT2D eigenvalue weighted by atomic mass is 16.5. The first kappa shape index (κ1) is 15.2. The van der Waals surface area contributed by atoms with Crippen molar-refractivity contribution in [3.63, 3.8) is 0 Å². The normalized spacial score (nSPS) is 19.9. The first-order chi connectivity index (χ1) is 9.81. The molecular formula is C17H27NO2. The van der Waals surface area contributed by atoms with Crippen LogP contribution in [0.1, 0.15) is 50.6 Å². The van der Waals surface area contributed by atoms with Crippen LogP contribution in [0, 0.1) is 0 Å². The van der Waals surface area contributed by atoms with E-state index in [9.17, 15) is 0 Å². The number of hydrogen-bond donors (Lipinski definition) is 0. The zero-order valence-corrected chi connectivity index (χ0v) is 13.0. The molecule has 0 aromatic heterocycles. The van der Waals surface area contributed by atoms with Gasteiger partial charge < -0.3 is 9.47 Å². The van der Waals surface area contributed by atoms with Gasteiger partial charge in [-0.1, -0.05) is 25.8 Å². The molecule has 0 radical (unpaired) electrons. The highest BCUT2D eigenvalue weighted by molar-refractivity contribution is 5.47. The lowest BCUT2D eigenvalue weighted by Crippen LogP contribution is -2.34. The fraction of sp³-hybridized carbons (Fsp3) is 0.647. The van der Waals surface area contributed by atoms with Gasteiger partial charge in [0.25, 0.3) is 0 Å². The number of hydrogen-bond acceptors (Lipinski definition) is 3. The molecule has 1 aromatic carbocycles. The predicted octanol–water partition coefficient (Wildman–Crippen LogP) is 4.03. The van der Waals surface area contributed by atoms with E-state index in [-0.39, 0.29) is 0 Å². The predicted molar refractivity (Wildman–Crippen MR) is 82.6 cm³/mol. The molecule has 1 atom stereocenters. The Balaban J connectivity index is 2.30. The summed E-state index contributed by atoms with van der Waals surface area (Å²) < 4.78 is 11.2. The third-order valence-corrected chi connectivity index (χ3v) is 4.21. The van der Waals surface area contributed by atoms with Crippen LogP contribution in [0.5, 0.6) is 11.5 Å². The zero-order valence-electron chi connectivity index (χ0n) is 13.0. The van der Waals surface area contributed by atoms with E-state index in [1.54, 1.807) is 14.2 Å². The van der Waals surface area contributed by atoms with E-state index in [1.807, 2.05) is 18.2 Å². The monoisotopic (exact) mass is 277 g/mol. The molecule has 1 saturated heterocycles. The second kappa shape index (κ2) is 7.53. The number of likely N-dealkylation sites (tertiary alicyclic amines) is 1. The van der Waals surface area contributed by atoms with Gasteiger partial charge in [0, 0.05) is 6.04 Å². The smallest absolute Gasteiger partial charge is 0.127 e. The van der Waals surface area contributed by atoms with Crippen molar-refractivity contribution in [1.82, 2.24) is 4.90 Å². The highest BCUT2D eigenvalue weighted by Crippen LogP contribution is 2.41. The van der Waals surface area contributed by atoms with E-state index in [1.165, 1.54) is 50.8 Å². The number of unbranched alkanes of at least 4 members (excludes halogenated alkanes) is 1. The molecule has 0 saturated carbocycles. The van der Waals surface area contributed by atoms with Gasteiger partial charge in [0.05, 0.1) is 19.8 Å². The van der Waals surface area contributed by atoms with E-state index in [0.29, 0.717) is 6.04 Å². The molecule has 1 aliphatic rings. The number of ether oxygens (including phenoxy) is 2. The number of rotatable bonds is 6. The maximum atomic E-state index is 5.59. The standard InChI is InChI=1S/C17H27NO2/c1-4-5-12-18-13-7-6-9-14(18)17-15(19-2)10-8-11-16(17)20-3/h8,10-11,14H,4-7,9,12-13H2,1-3H3. The second-order valence-electron chi connectivity index (χ2n) is 5.48. The summed E-state index contributed by atoms with van der Waals surface area (Å²) in [6.45, 7) is 4.61. The van der Waals surface area contributed by atoms with Gasteiger partial charge in [-0.15, -0.1) is 0 Å². The molecule has 0 amide bonds. The van der Waals surface area contributed by atoms with Crippen LogP contribution in [-0.2, 0) is 0 Å². The number of nitrogens with zero attached hydrogens (tertiary/aromatic N) is 1. The Kier molecular flexibility index (Phi) is 5.72. The lowest BCUT2D eigenvalue weighted by molar-refractivity contribution is 0.141. The molecule has 3 nitrogen and oxygen atoms in total. The van der Waals surface area contributed by atoms with Gasteiger partial charge in [-0.05, 0) is 44.5 Å². The van der Waals surface area contributed by atoms with E-state index in [4.69, 9.17) is 9.47 Å². The third-order valence-electron chi connectivity index (χ3n) is 4.21. The van der Waals surface area contributed by atoms with Gasteiger partial charge in [0.15, 0.2) is 0 Å². The minimum atomic E-state index is 0.432. The van der Waals surface area contributed by atoms with Crippen molar-refractivity contribution < 1.29 is 9.47 Å². The highest BCUT2D eigenvalue weighted by Gasteiger charge is 2.28. The Morgan fingerprint density at radius 2 is 1.85 bits per heavy atom. The van der Waals surface area contributed by atoms with Gasteiger partial charge in [0.2, 0.25) is 0 Å².